The van der Waals surface area contributed by atoms with E-state index in [1.807, 2.05) is 0 Å². The predicted octanol–water partition coefficient (Wildman–Crippen LogP) is 4.33. The predicted molar refractivity (Wildman–Crippen MR) is 122 cm³/mol. The highest BCUT2D eigenvalue weighted by Crippen LogP contribution is 2.41. The van der Waals surface area contributed by atoms with Crippen LogP contribution in [0.3, 0.4) is 0 Å². The van der Waals surface area contributed by atoms with Gasteiger partial charge in [-0.05, 0) is 25.8 Å². The number of halogens is 3. The van der Waals surface area contributed by atoms with Crippen LogP contribution in [0, 0.1) is 24.1 Å². The van der Waals surface area contributed by atoms with Gasteiger partial charge in [-0.2, -0.15) is 10.2 Å². The average Bonchev–Trinajstić information content (AvgIpc) is 2.83. The van der Waals surface area contributed by atoms with Crippen LogP contribution in [0.2, 0.25) is 0 Å². The third-order valence-corrected chi connectivity index (χ3v) is 7.31. The SMILES string of the molecule is COc1nc2nc(C)nc(NCc3cccc(C(F)F)c3F)c2cc1C1(C#N)CCS(=O)CC1. The minimum atomic E-state index is -2.92. The van der Waals surface area contributed by atoms with Gasteiger partial charge in [-0.25, -0.2) is 23.1 Å². The molecule has 0 atom stereocenters. The highest BCUT2D eigenvalue weighted by molar-refractivity contribution is 7.85. The molecule has 1 fully saturated rings. The second-order valence-corrected chi connectivity index (χ2v) is 9.75. The van der Waals surface area contributed by atoms with Gasteiger partial charge in [0.1, 0.15) is 17.5 Å². The number of hydrogen-bond acceptors (Lipinski definition) is 7. The molecule has 34 heavy (non-hydrogen) atoms. The van der Waals surface area contributed by atoms with Crippen LogP contribution < -0.4 is 10.1 Å². The van der Waals surface area contributed by atoms with Crippen molar-refractivity contribution in [3.05, 3.63) is 52.6 Å². The maximum absolute atomic E-state index is 14.5. The van der Waals surface area contributed by atoms with E-state index < -0.39 is 34.0 Å². The topological polar surface area (TPSA) is 101 Å². The van der Waals surface area contributed by atoms with E-state index in [0.717, 1.165) is 6.07 Å². The molecule has 0 bridgehead atoms. The monoisotopic (exact) mass is 489 g/mol. The molecule has 3 heterocycles. The Balaban J connectivity index is 1.78. The van der Waals surface area contributed by atoms with Crippen LogP contribution in [-0.2, 0) is 22.8 Å². The first-order chi connectivity index (χ1) is 16.3. The van der Waals surface area contributed by atoms with E-state index in [-0.39, 0.29) is 18.0 Å². The lowest BCUT2D eigenvalue weighted by molar-refractivity contribution is 0.146. The number of nitriles is 1. The first-order valence-corrected chi connectivity index (χ1v) is 12.1. The van der Waals surface area contributed by atoms with Crippen molar-refractivity contribution in [2.24, 2.45) is 0 Å². The van der Waals surface area contributed by atoms with E-state index in [4.69, 9.17) is 4.74 Å². The van der Waals surface area contributed by atoms with Crippen molar-refractivity contribution in [1.29, 1.82) is 5.26 Å². The quantitative estimate of drug-likeness (QED) is 0.550. The molecule has 1 N–H and O–H groups in total. The number of ether oxygens (including phenoxy) is 1. The van der Waals surface area contributed by atoms with Crippen molar-refractivity contribution in [1.82, 2.24) is 15.0 Å². The number of alkyl halides is 2. The van der Waals surface area contributed by atoms with Crippen LogP contribution >= 0.6 is 0 Å². The second-order valence-electron chi connectivity index (χ2n) is 8.05. The number of rotatable bonds is 6. The molecule has 4 rings (SSSR count). The highest BCUT2D eigenvalue weighted by atomic mass is 32.2. The number of nitrogens with one attached hydrogen (secondary N) is 1. The molecule has 7 nitrogen and oxygen atoms in total. The number of fused-ring (bicyclic) bond motifs is 1. The van der Waals surface area contributed by atoms with Crippen LogP contribution in [0.25, 0.3) is 11.0 Å². The van der Waals surface area contributed by atoms with Gasteiger partial charge in [-0.3, -0.25) is 4.21 Å². The third-order valence-electron chi connectivity index (χ3n) is 5.99. The molecule has 178 valence electrons. The molecule has 3 aromatic rings. The van der Waals surface area contributed by atoms with Crippen molar-refractivity contribution in [2.45, 2.75) is 38.2 Å². The Morgan fingerprint density at radius 1 is 1.26 bits per heavy atom. The third kappa shape index (κ3) is 4.42. The van der Waals surface area contributed by atoms with E-state index >= 15 is 0 Å². The molecule has 1 aliphatic heterocycles. The lowest BCUT2D eigenvalue weighted by Crippen LogP contribution is -2.34. The minimum Gasteiger partial charge on any atom is -0.481 e. The first kappa shape index (κ1) is 23.9. The summed E-state index contributed by atoms with van der Waals surface area (Å²) < 4.78 is 58.1. The summed E-state index contributed by atoms with van der Waals surface area (Å²) in [4.78, 5) is 13.3. The molecule has 11 heteroatoms. The number of nitrogens with zero attached hydrogens (tertiary/aromatic N) is 4. The Bertz CT molecular complexity index is 1300. The summed E-state index contributed by atoms with van der Waals surface area (Å²) in [5.74, 6) is 0.782. The van der Waals surface area contributed by atoms with E-state index in [1.54, 1.807) is 13.0 Å². The number of methoxy groups -OCH3 is 1. The van der Waals surface area contributed by atoms with Crippen molar-refractivity contribution >= 4 is 27.7 Å². The fourth-order valence-electron chi connectivity index (χ4n) is 4.11. The summed E-state index contributed by atoms with van der Waals surface area (Å²) in [6, 6.07) is 7.94. The van der Waals surface area contributed by atoms with Gasteiger partial charge >= 0.3 is 0 Å². The van der Waals surface area contributed by atoms with Crippen molar-refractivity contribution in [3.63, 3.8) is 0 Å². The van der Waals surface area contributed by atoms with Gasteiger partial charge in [0.05, 0.1) is 29.5 Å². The van der Waals surface area contributed by atoms with E-state index in [0.29, 0.717) is 52.6 Å². The van der Waals surface area contributed by atoms with Gasteiger partial charge < -0.3 is 10.1 Å². The maximum Gasteiger partial charge on any atom is 0.266 e. The minimum absolute atomic E-state index is 0.0622. The summed E-state index contributed by atoms with van der Waals surface area (Å²) in [6.07, 6.45) is -2.14. The van der Waals surface area contributed by atoms with Crippen LogP contribution in [0.1, 0.15) is 41.8 Å². The van der Waals surface area contributed by atoms with Crippen molar-refractivity contribution < 1.29 is 22.1 Å². The zero-order valence-electron chi connectivity index (χ0n) is 18.6. The lowest BCUT2D eigenvalue weighted by atomic mass is 9.77. The zero-order valence-corrected chi connectivity index (χ0v) is 19.4. The Hall–Kier alpha value is -3.26. The van der Waals surface area contributed by atoms with E-state index in [2.05, 4.69) is 26.3 Å². The molecule has 0 saturated carbocycles. The summed E-state index contributed by atoms with van der Waals surface area (Å²) in [5.41, 5.74) is -0.678. The largest absolute Gasteiger partial charge is 0.481 e. The second kappa shape index (κ2) is 9.54. The number of aromatic nitrogens is 3. The van der Waals surface area contributed by atoms with Crippen LogP contribution in [0.5, 0.6) is 5.88 Å². The number of pyridine rings is 1. The van der Waals surface area contributed by atoms with Crippen LogP contribution in [-0.4, -0.2) is 37.8 Å². The number of hydrogen-bond donors (Lipinski definition) is 1. The Morgan fingerprint density at radius 3 is 2.65 bits per heavy atom. The Morgan fingerprint density at radius 2 is 2.00 bits per heavy atom. The molecule has 1 saturated heterocycles. The molecule has 0 radical (unpaired) electrons. The fourth-order valence-corrected chi connectivity index (χ4v) is 5.46. The number of benzene rings is 1. The molecular formula is C23H22F3N5O2S. The average molecular weight is 490 g/mol. The van der Waals surface area contributed by atoms with Crippen molar-refractivity contribution in [2.75, 3.05) is 23.9 Å². The maximum atomic E-state index is 14.5. The molecule has 0 unspecified atom stereocenters. The van der Waals surface area contributed by atoms with Gasteiger partial charge in [0.15, 0.2) is 5.65 Å². The van der Waals surface area contributed by atoms with Crippen LogP contribution in [0.15, 0.2) is 24.3 Å². The van der Waals surface area contributed by atoms with Gasteiger partial charge in [0.25, 0.3) is 6.43 Å². The molecule has 1 aliphatic rings. The van der Waals surface area contributed by atoms with Crippen LogP contribution in [0.4, 0.5) is 19.0 Å². The first-order valence-electron chi connectivity index (χ1n) is 10.6. The normalized spacial score (nSPS) is 20.3. The molecule has 2 aromatic heterocycles. The molecule has 0 aliphatic carbocycles. The number of aryl methyl sites for hydroxylation is 1. The molecule has 0 amide bonds. The lowest BCUT2D eigenvalue weighted by Gasteiger charge is -2.31. The molecular weight excluding hydrogens is 467 g/mol. The molecule has 0 spiro atoms. The van der Waals surface area contributed by atoms with Gasteiger partial charge in [0.2, 0.25) is 5.88 Å². The van der Waals surface area contributed by atoms with Gasteiger partial charge in [-0.15, -0.1) is 0 Å². The highest BCUT2D eigenvalue weighted by Gasteiger charge is 2.39. The summed E-state index contributed by atoms with van der Waals surface area (Å²) in [5, 5.41) is 13.5. The molecule has 1 aromatic carbocycles. The summed E-state index contributed by atoms with van der Waals surface area (Å²) >= 11 is 0. The standard InChI is InChI=1S/C23H22F3N5O2S/c1-13-29-20(28-11-14-4-3-5-15(18(14)24)19(25)26)16-10-17(22(33-2)31-21(16)30-13)23(12-27)6-8-34(32)9-7-23/h3-5,10,19H,6-9,11H2,1-2H3,(H,28,29,30,31). The Labute approximate surface area is 196 Å². The van der Waals surface area contributed by atoms with Gasteiger partial charge in [-0.1, -0.05) is 18.2 Å². The van der Waals surface area contributed by atoms with Crippen molar-refractivity contribution in [3.8, 4) is 11.9 Å². The Kier molecular flexibility index (Phi) is 6.70. The number of anilines is 1. The zero-order chi connectivity index (χ0) is 24.5. The van der Waals surface area contributed by atoms with Gasteiger partial charge in [0, 0.05) is 40.0 Å². The fraction of sp³-hybridized carbons (Fsp3) is 0.391. The van der Waals surface area contributed by atoms with E-state index in [9.17, 15) is 22.6 Å². The summed E-state index contributed by atoms with van der Waals surface area (Å²) in [7, 11) is 0.478. The summed E-state index contributed by atoms with van der Waals surface area (Å²) in [6.45, 7) is 1.57. The van der Waals surface area contributed by atoms with E-state index in [1.165, 1.54) is 19.2 Å². The smallest absolute Gasteiger partial charge is 0.266 e.